The molecule has 0 bridgehead atoms. The first-order chi connectivity index (χ1) is 18.3. The van der Waals surface area contributed by atoms with Gasteiger partial charge in [0.15, 0.2) is 17.4 Å². The number of hydrogen-bond acceptors (Lipinski definition) is 5. The molecule has 0 saturated carbocycles. The van der Waals surface area contributed by atoms with Crippen LogP contribution in [0.5, 0.6) is 5.75 Å². The van der Waals surface area contributed by atoms with Crippen LogP contribution in [0.1, 0.15) is 24.6 Å². The normalized spacial score (nSPS) is 20.5. The molecular formula is C29H31FN6O2. The topological polar surface area (TPSA) is 108 Å². The molecule has 0 fully saturated rings. The van der Waals surface area contributed by atoms with Crippen LogP contribution in [-0.2, 0) is 4.79 Å². The van der Waals surface area contributed by atoms with E-state index in [0.29, 0.717) is 17.3 Å². The minimum Gasteiger partial charge on any atom is -0.457 e. The lowest BCUT2D eigenvalue weighted by molar-refractivity contribution is -0.124. The second-order valence-electron chi connectivity index (χ2n) is 9.19. The smallest absolute Gasteiger partial charge is 0.260 e. The number of amides is 1. The Balaban J connectivity index is 1.84. The number of nitrogens with zero attached hydrogens (tertiary/aromatic N) is 3. The number of allylic oxidation sites excluding steroid dienone is 2. The predicted octanol–water partition coefficient (Wildman–Crippen LogP) is 4.86. The maximum Gasteiger partial charge on any atom is 0.260 e. The summed E-state index contributed by atoms with van der Waals surface area (Å²) >= 11 is 0. The molecule has 4 N–H and O–H groups in total. The van der Waals surface area contributed by atoms with Crippen molar-refractivity contribution in [3.63, 3.8) is 0 Å². The van der Waals surface area contributed by atoms with E-state index >= 15 is 4.39 Å². The Morgan fingerprint density at radius 2 is 2.03 bits per heavy atom. The van der Waals surface area contributed by atoms with Crippen molar-refractivity contribution in [1.82, 2.24) is 15.3 Å². The third-order valence-electron chi connectivity index (χ3n) is 5.99. The third-order valence-corrected chi connectivity index (χ3v) is 5.99. The highest BCUT2D eigenvalue weighted by Gasteiger charge is 2.29. The van der Waals surface area contributed by atoms with E-state index in [1.165, 1.54) is 4.90 Å². The molecule has 4 rings (SSSR count). The highest BCUT2D eigenvalue weighted by Crippen LogP contribution is 2.32. The first kappa shape index (κ1) is 26.6. The van der Waals surface area contributed by atoms with E-state index in [2.05, 4.69) is 20.4 Å². The second-order valence-corrected chi connectivity index (χ2v) is 9.19. The Morgan fingerprint density at radius 3 is 2.74 bits per heavy atom. The maximum absolute atomic E-state index is 15.5. The summed E-state index contributed by atoms with van der Waals surface area (Å²) in [5, 5.41) is 0.409. The SMILES string of the molecule is Cc1cc2c(F)c(O/C3=C(C(=O)N(C)C)/C(N=C(/C=C/c4ccccc4)NN)=N/C=C/CC3C)ccc2[nH]1. The summed E-state index contributed by atoms with van der Waals surface area (Å²) < 4.78 is 21.7. The van der Waals surface area contributed by atoms with Gasteiger partial charge in [-0.25, -0.2) is 20.2 Å². The number of nitrogens with two attached hydrogens (primary N) is 1. The quantitative estimate of drug-likeness (QED) is 0.195. The second kappa shape index (κ2) is 11.7. The Labute approximate surface area is 221 Å². The van der Waals surface area contributed by atoms with Crippen molar-refractivity contribution in [1.29, 1.82) is 0 Å². The number of aromatic amines is 1. The molecule has 0 aliphatic carbocycles. The van der Waals surface area contributed by atoms with Crippen LogP contribution in [0.3, 0.4) is 0 Å². The lowest BCUT2D eigenvalue weighted by Gasteiger charge is -2.23. The molecule has 1 unspecified atom stereocenters. The molecule has 0 radical (unpaired) electrons. The van der Waals surface area contributed by atoms with Crippen LogP contribution < -0.4 is 16.0 Å². The number of nitrogens with one attached hydrogen (secondary N) is 2. The zero-order chi connectivity index (χ0) is 27.2. The molecule has 8 nitrogen and oxygen atoms in total. The Morgan fingerprint density at radius 1 is 1.26 bits per heavy atom. The largest absolute Gasteiger partial charge is 0.457 e. The summed E-state index contributed by atoms with van der Waals surface area (Å²) in [7, 11) is 3.25. The van der Waals surface area contributed by atoms with Crippen molar-refractivity contribution < 1.29 is 13.9 Å². The van der Waals surface area contributed by atoms with E-state index in [4.69, 9.17) is 10.6 Å². The summed E-state index contributed by atoms with van der Waals surface area (Å²) in [5.74, 6) is 5.23. The van der Waals surface area contributed by atoms with Crippen LogP contribution in [-0.4, -0.2) is 41.6 Å². The van der Waals surface area contributed by atoms with Crippen molar-refractivity contribution in [3.8, 4) is 5.75 Å². The monoisotopic (exact) mass is 514 g/mol. The number of aromatic nitrogens is 1. The first-order valence-corrected chi connectivity index (χ1v) is 12.2. The Bertz CT molecular complexity index is 1480. The van der Waals surface area contributed by atoms with Crippen LogP contribution in [0.2, 0.25) is 0 Å². The fourth-order valence-corrected chi connectivity index (χ4v) is 4.03. The predicted molar refractivity (Wildman–Crippen MR) is 150 cm³/mol. The van der Waals surface area contributed by atoms with Gasteiger partial charge in [0.2, 0.25) is 0 Å². The number of likely N-dealkylation sites (N-methyl/N-ethyl adjacent to an activating group) is 1. The lowest BCUT2D eigenvalue weighted by Crippen LogP contribution is -2.33. The van der Waals surface area contributed by atoms with Crippen molar-refractivity contribution >= 4 is 34.6 Å². The van der Waals surface area contributed by atoms with Gasteiger partial charge in [0.25, 0.3) is 5.91 Å². The number of ether oxygens (including phenoxy) is 1. The average Bonchev–Trinajstić information content (AvgIpc) is 3.29. The van der Waals surface area contributed by atoms with E-state index < -0.39 is 5.82 Å². The Hall–Kier alpha value is -4.50. The van der Waals surface area contributed by atoms with Crippen molar-refractivity contribution in [2.45, 2.75) is 20.3 Å². The van der Waals surface area contributed by atoms with E-state index in [1.807, 2.05) is 56.3 Å². The summed E-state index contributed by atoms with van der Waals surface area (Å²) in [6, 6.07) is 14.7. The number of carbonyl (C=O) groups excluding carboxylic acids is 1. The number of aliphatic imine (C=N–C) groups is 2. The van der Waals surface area contributed by atoms with Gasteiger partial charge >= 0.3 is 0 Å². The first-order valence-electron chi connectivity index (χ1n) is 12.2. The molecule has 1 amide bonds. The van der Waals surface area contributed by atoms with E-state index in [9.17, 15) is 4.79 Å². The number of halogens is 1. The number of hydrazine groups is 1. The Kier molecular flexibility index (Phi) is 8.18. The molecule has 2 heterocycles. The molecule has 0 saturated heterocycles. The molecule has 38 heavy (non-hydrogen) atoms. The van der Waals surface area contributed by atoms with Gasteiger partial charge in [-0.15, -0.1) is 0 Å². The minimum atomic E-state index is -0.516. The number of amidine groups is 2. The number of aryl methyl sites for hydroxylation is 1. The maximum atomic E-state index is 15.5. The van der Waals surface area contributed by atoms with Crippen molar-refractivity contribution in [2.24, 2.45) is 21.7 Å². The van der Waals surface area contributed by atoms with Gasteiger partial charge in [-0.05, 0) is 43.2 Å². The standard InChI is InChI=1S/C29H31FN6O2/c1-18-9-8-16-32-28(34-24(35-31)15-12-20-10-6-5-7-11-20)25(29(37)36(3)4)27(18)38-23-14-13-22-21(26(23)30)17-19(2)33-22/h5-8,10-18,33H,9,31H2,1-4H3,(H,32,34,35)/b15-12+,16-8+,27-25-. The van der Waals surface area contributed by atoms with E-state index in [0.717, 1.165) is 11.3 Å². The number of benzene rings is 2. The van der Waals surface area contributed by atoms with Gasteiger partial charge in [-0.2, -0.15) is 0 Å². The summed E-state index contributed by atoms with van der Waals surface area (Å²) in [4.78, 5) is 27.1. The molecule has 1 aliphatic rings. The highest BCUT2D eigenvalue weighted by atomic mass is 19.1. The molecule has 2 aromatic carbocycles. The van der Waals surface area contributed by atoms with Crippen molar-refractivity contribution in [3.05, 3.63) is 95.3 Å². The zero-order valence-electron chi connectivity index (χ0n) is 21.8. The van der Waals surface area contributed by atoms with Crippen LogP contribution in [0.4, 0.5) is 4.39 Å². The number of rotatable bonds is 5. The van der Waals surface area contributed by atoms with Crippen LogP contribution in [0, 0.1) is 18.7 Å². The summed E-state index contributed by atoms with van der Waals surface area (Å²) in [6.45, 7) is 3.76. The molecular weight excluding hydrogens is 483 g/mol. The van der Waals surface area contributed by atoms with Gasteiger partial charge in [0.05, 0.1) is 0 Å². The molecule has 9 heteroatoms. The van der Waals surface area contributed by atoms with E-state index in [-0.39, 0.29) is 40.6 Å². The summed E-state index contributed by atoms with van der Waals surface area (Å²) in [6.07, 6.45) is 7.50. The van der Waals surface area contributed by atoms with Gasteiger partial charge in [-0.1, -0.05) is 49.4 Å². The number of H-pyrrole nitrogens is 1. The molecule has 3 aromatic rings. The zero-order valence-corrected chi connectivity index (χ0v) is 21.8. The van der Waals surface area contributed by atoms with Crippen LogP contribution >= 0.6 is 0 Å². The van der Waals surface area contributed by atoms with Crippen LogP contribution in [0.15, 0.2) is 88.2 Å². The molecule has 0 spiro atoms. The number of hydrogen-bond donors (Lipinski definition) is 3. The van der Waals surface area contributed by atoms with Crippen LogP contribution in [0.25, 0.3) is 17.0 Å². The third kappa shape index (κ3) is 5.90. The summed E-state index contributed by atoms with van der Waals surface area (Å²) in [5.41, 5.74) is 5.12. The van der Waals surface area contributed by atoms with Crippen molar-refractivity contribution in [2.75, 3.05) is 14.1 Å². The fraction of sp³-hybridized carbons (Fsp3) is 0.207. The lowest BCUT2D eigenvalue weighted by atomic mass is 9.98. The number of carbonyl (C=O) groups is 1. The molecule has 1 aliphatic heterocycles. The molecule has 1 aromatic heterocycles. The average molecular weight is 515 g/mol. The fourth-order valence-electron chi connectivity index (χ4n) is 4.03. The van der Waals surface area contributed by atoms with Gasteiger partial charge in [-0.3, -0.25) is 4.79 Å². The van der Waals surface area contributed by atoms with Gasteiger partial charge < -0.3 is 20.0 Å². The highest BCUT2D eigenvalue weighted by molar-refractivity contribution is 6.24. The molecule has 196 valence electrons. The van der Waals surface area contributed by atoms with Gasteiger partial charge in [0, 0.05) is 42.8 Å². The van der Waals surface area contributed by atoms with Gasteiger partial charge in [0.1, 0.15) is 17.2 Å². The number of fused-ring (bicyclic) bond motifs is 1. The van der Waals surface area contributed by atoms with E-state index in [1.54, 1.807) is 44.6 Å². The molecule has 1 atom stereocenters. The minimum absolute atomic E-state index is 0.0106.